The minimum absolute atomic E-state index is 0.0735. The van der Waals surface area contributed by atoms with Gasteiger partial charge in [0, 0.05) is 19.8 Å². The van der Waals surface area contributed by atoms with Gasteiger partial charge in [-0.2, -0.15) is 5.26 Å². The van der Waals surface area contributed by atoms with Crippen molar-refractivity contribution in [1.82, 2.24) is 10.2 Å². The Bertz CT molecular complexity index is 618. The first kappa shape index (κ1) is 13.8. The van der Waals surface area contributed by atoms with Gasteiger partial charge < -0.3 is 4.90 Å². The highest BCUT2D eigenvalue weighted by atomic mass is 32.2. The highest BCUT2D eigenvalue weighted by Crippen LogP contribution is 2.29. The average molecular weight is 294 g/mol. The Morgan fingerprint density at radius 2 is 2.21 bits per heavy atom. The molecule has 0 aliphatic carbocycles. The first-order valence-corrected chi connectivity index (χ1v) is 7.22. The third-order valence-electron chi connectivity index (χ3n) is 2.29. The van der Waals surface area contributed by atoms with Gasteiger partial charge in [0.25, 0.3) is 0 Å². The standard InChI is InChI=1S/C12H11FN4S2/c1-17(2)11-15-16-12(19-11)18-7-8-3-4-10(13)9(5-8)6-14/h3-5H,7H2,1-2H3. The van der Waals surface area contributed by atoms with Crippen LogP contribution in [0.15, 0.2) is 22.5 Å². The van der Waals surface area contributed by atoms with Crippen LogP contribution in [-0.4, -0.2) is 24.3 Å². The van der Waals surface area contributed by atoms with Crippen LogP contribution in [0.1, 0.15) is 11.1 Å². The third kappa shape index (κ3) is 3.43. The second-order valence-electron chi connectivity index (χ2n) is 3.96. The van der Waals surface area contributed by atoms with Gasteiger partial charge in [-0.1, -0.05) is 29.2 Å². The SMILES string of the molecule is CN(C)c1nnc(SCc2ccc(F)c(C#N)c2)s1. The van der Waals surface area contributed by atoms with Gasteiger partial charge >= 0.3 is 0 Å². The summed E-state index contributed by atoms with van der Waals surface area (Å²) in [6.07, 6.45) is 0. The molecular weight excluding hydrogens is 283 g/mol. The van der Waals surface area contributed by atoms with Crippen LogP contribution in [0.4, 0.5) is 9.52 Å². The number of benzene rings is 1. The molecule has 4 nitrogen and oxygen atoms in total. The zero-order valence-electron chi connectivity index (χ0n) is 10.4. The lowest BCUT2D eigenvalue weighted by atomic mass is 10.1. The van der Waals surface area contributed by atoms with Gasteiger partial charge in [0.15, 0.2) is 4.34 Å². The summed E-state index contributed by atoms with van der Waals surface area (Å²) >= 11 is 3.02. The van der Waals surface area contributed by atoms with Crippen molar-refractivity contribution in [3.8, 4) is 6.07 Å². The molecule has 1 heterocycles. The molecule has 0 radical (unpaired) electrons. The van der Waals surface area contributed by atoms with Crippen molar-refractivity contribution in [2.75, 3.05) is 19.0 Å². The molecule has 19 heavy (non-hydrogen) atoms. The molecule has 0 atom stereocenters. The quantitative estimate of drug-likeness (QED) is 0.812. The molecule has 0 saturated heterocycles. The summed E-state index contributed by atoms with van der Waals surface area (Å²) in [4.78, 5) is 1.90. The molecule has 2 rings (SSSR count). The molecule has 0 saturated carbocycles. The van der Waals surface area contributed by atoms with E-state index in [1.807, 2.05) is 25.1 Å². The number of aromatic nitrogens is 2. The number of nitrogens with zero attached hydrogens (tertiary/aromatic N) is 4. The fraction of sp³-hybridized carbons (Fsp3) is 0.250. The smallest absolute Gasteiger partial charge is 0.208 e. The normalized spacial score (nSPS) is 10.2. The third-order valence-corrected chi connectivity index (χ3v) is 4.59. The van der Waals surface area contributed by atoms with Crippen molar-refractivity contribution in [2.45, 2.75) is 10.1 Å². The first-order valence-electron chi connectivity index (χ1n) is 5.42. The molecule has 0 unspecified atom stereocenters. The molecule has 0 spiro atoms. The molecular formula is C12H11FN4S2. The predicted octanol–water partition coefficient (Wildman–Crippen LogP) is 2.91. The van der Waals surface area contributed by atoms with E-state index in [-0.39, 0.29) is 5.56 Å². The minimum atomic E-state index is -0.484. The largest absolute Gasteiger partial charge is 0.353 e. The molecule has 2 aromatic rings. The number of anilines is 1. The lowest BCUT2D eigenvalue weighted by Gasteiger charge is -2.03. The number of nitriles is 1. The van der Waals surface area contributed by atoms with Gasteiger partial charge in [0.2, 0.25) is 5.13 Å². The van der Waals surface area contributed by atoms with Crippen molar-refractivity contribution >= 4 is 28.2 Å². The molecule has 0 aliphatic heterocycles. The predicted molar refractivity (Wildman–Crippen MR) is 74.9 cm³/mol. The van der Waals surface area contributed by atoms with Crippen molar-refractivity contribution in [2.24, 2.45) is 0 Å². The molecule has 0 bridgehead atoms. The van der Waals surface area contributed by atoms with Gasteiger partial charge in [-0.25, -0.2) is 4.39 Å². The molecule has 0 aliphatic rings. The maximum absolute atomic E-state index is 13.2. The highest BCUT2D eigenvalue weighted by molar-refractivity contribution is 8.00. The summed E-state index contributed by atoms with van der Waals surface area (Å²) in [6.45, 7) is 0. The Morgan fingerprint density at radius 3 is 2.84 bits per heavy atom. The summed E-state index contributed by atoms with van der Waals surface area (Å²) in [5.41, 5.74) is 0.967. The summed E-state index contributed by atoms with van der Waals surface area (Å²) in [5.74, 6) is 0.152. The van der Waals surface area contributed by atoms with Crippen LogP contribution in [0, 0.1) is 17.1 Å². The number of thioether (sulfide) groups is 1. The van der Waals surface area contributed by atoms with Crippen molar-refractivity contribution in [3.05, 3.63) is 35.1 Å². The molecule has 0 fully saturated rings. The summed E-state index contributed by atoms with van der Waals surface area (Å²) in [7, 11) is 3.82. The molecule has 98 valence electrons. The Morgan fingerprint density at radius 1 is 1.42 bits per heavy atom. The average Bonchev–Trinajstić information content (AvgIpc) is 2.87. The van der Waals surface area contributed by atoms with E-state index >= 15 is 0 Å². The monoisotopic (exact) mass is 294 g/mol. The van der Waals surface area contributed by atoms with E-state index in [1.54, 1.807) is 12.1 Å². The van der Waals surface area contributed by atoms with E-state index in [9.17, 15) is 4.39 Å². The number of rotatable bonds is 4. The number of halogens is 1. The van der Waals surface area contributed by atoms with E-state index in [1.165, 1.54) is 29.2 Å². The van der Waals surface area contributed by atoms with Gasteiger partial charge in [-0.05, 0) is 17.7 Å². The lowest BCUT2D eigenvalue weighted by molar-refractivity contribution is 0.623. The maximum atomic E-state index is 13.2. The molecule has 0 N–H and O–H groups in total. The molecule has 0 amide bonds. The number of hydrogen-bond donors (Lipinski definition) is 0. The Labute approximate surface area is 118 Å². The Balaban J connectivity index is 2.04. The second-order valence-corrected chi connectivity index (χ2v) is 6.14. The minimum Gasteiger partial charge on any atom is -0.353 e. The van der Waals surface area contributed by atoms with E-state index < -0.39 is 5.82 Å². The van der Waals surface area contributed by atoms with Crippen molar-refractivity contribution in [1.29, 1.82) is 5.26 Å². The van der Waals surface area contributed by atoms with Gasteiger partial charge in [-0.15, -0.1) is 10.2 Å². The summed E-state index contributed by atoms with van der Waals surface area (Å²) < 4.78 is 14.0. The van der Waals surface area contributed by atoms with E-state index in [4.69, 9.17) is 5.26 Å². The van der Waals surface area contributed by atoms with Crippen LogP contribution in [0.25, 0.3) is 0 Å². The maximum Gasteiger partial charge on any atom is 0.208 e. The van der Waals surface area contributed by atoms with Crippen LogP contribution >= 0.6 is 23.1 Å². The van der Waals surface area contributed by atoms with Crippen LogP contribution < -0.4 is 4.90 Å². The Kier molecular flexibility index (Phi) is 4.35. The van der Waals surface area contributed by atoms with E-state index in [2.05, 4.69) is 10.2 Å². The van der Waals surface area contributed by atoms with Gasteiger partial charge in [0.1, 0.15) is 11.9 Å². The fourth-order valence-electron chi connectivity index (χ4n) is 1.33. The number of hydrogen-bond acceptors (Lipinski definition) is 6. The summed E-state index contributed by atoms with van der Waals surface area (Å²) in [6, 6.07) is 6.40. The fourth-order valence-corrected chi connectivity index (χ4v) is 3.04. The second kappa shape index (κ2) is 5.99. The first-order chi connectivity index (χ1) is 9.10. The zero-order valence-corrected chi connectivity index (χ0v) is 12.1. The van der Waals surface area contributed by atoms with Gasteiger partial charge in [-0.3, -0.25) is 0 Å². The van der Waals surface area contributed by atoms with Gasteiger partial charge in [0.05, 0.1) is 5.56 Å². The molecule has 1 aromatic carbocycles. The van der Waals surface area contributed by atoms with E-state index in [0.717, 1.165) is 15.0 Å². The molecule has 1 aromatic heterocycles. The molecule has 7 heteroatoms. The van der Waals surface area contributed by atoms with Crippen LogP contribution in [0.3, 0.4) is 0 Å². The van der Waals surface area contributed by atoms with Crippen LogP contribution in [0.2, 0.25) is 0 Å². The summed E-state index contributed by atoms with van der Waals surface area (Å²) in [5, 5.41) is 17.7. The Hall–Kier alpha value is -1.65. The van der Waals surface area contributed by atoms with Crippen molar-refractivity contribution in [3.63, 3.8) is 0 Å². The zero-order chi connectivity index (χ0) is 13.8. The van der Waals surface area contributed by atoms with Crippen LogP contribution in [-0.2, 0) is 5.75 Å². The lowest BCUT2D eigenvalue weighted by Crippen LogP contribution is -2.07. The van der Waals surface area contributed by atoms with Crippen molar-refractivity contribution < 1.29 is 4.39 Å². The highest BCUT2D eigenvalue weighted by Gasteiger charge is 2.08. The van der Waals surface area contributed by atoms with Crippen LogP contribution in [0.5, 0.6) is 0 Å². The topological polar surface area (TPSA) is 52.8 Å². The van der Waals surface area contributed by atoms with E-state index in [0.29, 0.717) is 5.75 Å².